The maximum Gasteiger partial charge on any atom is 0.294 e. The summed E-state index contributed by atoms with van der Waals surface area (Å²) < 4.78 is 1.74. The van der Waals surface area contributed by atoms with Gasteiger partial charge in [0, 0.05) is 44.0 Å². The van der Waals surface area contributed by atoms with E-state index in [2.05, 4.69) is 9.97 Å². The molecule has 28 heavy (non-hydrogen) atoms. The van der Waals surface area contributed by atoms with Crippen LogP contribution in [0.25, 0.3) is 11.0 Å². The van der Waals surface area contributed by atoms with E-state index in [4.69, 9.17) is 0 Å². The number of anilines is 1. The predicted molar refractivity (Wildman–Crippen MR) is 109 cm³/mol. The van der Waals surface area contributed by atoms with Crippen molar-refractivity contribution in [3.8, 4) is 0 Å². The lowest BCUT2D eigenvalue weighted by Gasteiger charge is -2.35. The molecular formula is C21H23N5O2. The van der Waals surface area contributed by atoms with Gasteiger partial charge in [-0.1, -0.05) is 18.2 Å². The number of nitrogens with zero attached hydrogens (tertiary/aromatic N) is 5. The molecule has 3 heterocycles. The summed E-state index contributed by atoms with van der Waals surface area (Å²) in [5.74, 6) is 0.469. The van der Waals surface area contributed by atoms with Crippen molar-refractivity contribution in [2.75, 3.05) is 31.1 Å². The minimum absolute atomic E-state index is 0.00176. The number of fused-ring (bicyclic) bond motifs is 1. The molecule has 4 rings (SSSR count). The summed E-state index contributed by atoms with van der Waals surface area (Å²) in [6, 6.07) is 11.1. The topological polar surface area (TPSA) is 71.3 Å². The summed E-state index contributed by atoms with van der Waals surface area (Å²) in [5.41, 5.74) is 2.07. The number of rotatable bonds is 3. The molecule has 1 saturated heterocycles. The van der Waals surface area contributed by atoms with Gasteiger partial charge in [-0.05, 0) is 32.0 Å². The van der Waals surface area contributed by atoms with E-state index in [9.17, 15) is 9.59 Å². The first-order valence-electron chi connectivity index (χ1n) is 9.52. The molecule has 0 N–H and O–H groups in total. The molecule has 7 heteroatoms. The van der Waals surface area contributed by atoms with E-state index in [1.807, 2.05) is 60.0 Å². The second-order valence-corrected chi connectivity index (χ2v) is 7.21. The molecule has 0 spiro atoms. The SMILES string of the molecule is CC(C)n1c(=O)c(N2CCN(C(=O)c3ccccc3)CC2)nc2ccncc21. The minimum Gasteiger partial charge on any atom is -0.348 e. The molecule has 0 unspecified atom stereocenters. The summed E-state index contributed by atoms with van der Waals surface area (Å²) in [6.45, 7) is 6.24. The predicted octanol–water partition coefficient (Wildman–Crippen LogP) is 2.33. The molecule has 0 bridgehead atoms. The van der Waals surface area contributed by atoms with Gasteiger partial charge in [0.05, 0.1) is 17.2 Å². The minimum atomic E-state index is -0.113. The van der Waals surface area contributed by atoms with Crippen molar-refractivity contribution >= 4 is 22.8 Å². The van der Waals surface area contributed by atoms with Crippen molar-refractivity contribution in [1.82, 2.24) is 19.4 Å². The zero-order valence-corrected chi connectivity index (χ0v) is 16.1. The molecule has 1 aromatic carbocycles. The fourth-order valence-electron chi connectivity index (χ4n) is 3.64. The zero-order chi connectivity index (χ0) is 19.7. The number of aromatic nitrogens is 3. The summed E-state index contributed by atoms with van der Waals surface area (Å²) in [7, 11) is 0. The summed E-state index contributed by atoms with van der Waals surface area (Å²) in [4.78, 5) is 38.3. The van der Waals surface area contributed by atoms with Crippen molar-refractivity contribution in [2.24, 2.45) is 0 Å². The second kappa shape index (κ2) is 7.42. The van der Waals surface area contributed by atoms with Crippen molar-refractivity contribution in [2.45, 2.75) is 19.9 Å². The van der Waals surface area contributed by atoms with Gasteiger partial charge in [-0.25, -0.2) is 4.98 Å². The lowest BCUT2D eigenvalue weighted by atomic mass is 10.2. The van der Waals surface area contributed by atoms with Crippen molar-refractivity contribution in [1.29, 1.82) is 0 Å². The highest BCUT2D eigenvalue weighted by molar-refractivity contribution is 5.94. The van der Waals surface area contributed by atoms with Gasteiger partial charge in [-0.15, -0.1) is 0 Å². The average molecular weight is 377 g/mol. The number of hydrogen-bond donors (Lipinski definition) is 0. The standard InChI is InChI=1S/C21H23N5O2/c1-15(2)26-18-14-22-9-8-17(18)23-19(21(26)28)24-10-12-25(13-11-24)20(27)16-6-4-3-5-7-16/h3-9,14-15H,10-13H2,1-2H3. The van der Waals surface area contributed by atoms with Crippen LogP contribution in [0.2, 0.25) is 0 Å². The average Bonchev–Trinajstić information content (AvgIpc) is 2.73. The molecule has 0 radical (unpaired) electrons. The van der Waals surface area contributed by atoms with Gasteiger partial charge in [0.25, 0.3) is 11.5 Å². The maximum atomic E-state index is 13.1. The number of carbonyl (C=O) groups excluding carboxylic acids is 1. The molecule has 2 aromatic heterocycles. The molecule has 1 aliphatic rings. The van der Waals surface area contributed by atoms with Crippen LogP contribution in [0.5, 0.6) is 0 Å². The second-order valence-electron chi connectivity index (χ2n) is 7.21. The lowest BCUT2D eigenvalue weighted by molar-refractivity contribution is 0.0746. The van der Waals surface area contributed by atoms with Crippen LogP contribution in [0.3, 0.4) is 0 Å². The monoisotopic (exact) mass is 377 g/mol. The number of carbonyl (C=O) groups is 1. The van der Waals surface area contributed by atoms with Crippen LogP contribution in [0.15, 0.2) is 53.6 Å². The Morgan fingerprint density at radius 1 is 1.04 bits per heavy atom. The van der Waals surface area contributed by atoms with Gasteiger partial charge in [0.15, 0.2) is 5.82 Å². The molecule has 144 valence electrons. The quantitative estimate of drug-likeness (QED) is 0.701. The van der Waals surface area contributed by atoms with Gasteiger partial charge < -0.3 is 9.80 Å². The summed E-state index contributed by atoms with van der Waals surface area (Å²) in [5, 5.41) is 0. The van der Waals surface area contributed by atoms with E-state index in [0.717, 1.165) is 11.0 Å². The fourth-order valence-corrected chi connectivity index (χ4v) is 3.64. The Morgan fingerprint density at radius 3 is 2.43 bits per heavy atom. The first kappa shape index (κ1) is 18.2. The number of piperazine rings is 1. The van der Waals surface area contributed by atoms with Crippen LogP contribution < -0.4 is 10.5 Å². The number of benzene rings is 1. The van der Waals surface area contributed by atoms with Crippen LogP contribution in [-0.4, -0.2) is 51.5 Å². The van der Waals surface area contributed by atoms with Gasteiger partial charge in [-0.2, -0.15) is 0 Å². The van der Waals surface area contributed by atoms with E-state index in [1.54, 1.807) is 17.0 Å². The smallest absolute Gasteiger partial charge is 0.294 e. The number of pyridine rings is 1. The Bertz CT molecular complexity index is 1050. The third-order valence-corrected chi connectivity index (χ3v) is 5.08. The molecule has 0 atom stereocenters. The lowest BCUT2D eigenvalue weighted by Crippen LogP contribution is -2.50. The number of amides is 1. The highest BCUT2D eigenvalue weighted by Gasteiger charge is 2.25. The Morgan fingerprint density at radius 2 is 1.75 bits per heavy atom. The Kier molecular flexibility index (Phi) is 4.81. The summed E-state index contributed by atoms with van der Waals surface area (Å²) >= 11 is 0. The van der Waals surface area contributed by atoms with Gasteiger partial charge in [-0.3, -0.25) is 19.1 Å². The normalized spacial score (nSPS) is 14.7. The molecular weight excluding hydrogens is 354 g/mol. The third-order valence-electron chi connectivity index (χ3n) is 5.08. The van der Waals surface area contributed by atoms with E-state index in [-0.39, 0.29) is 17.5 Å². The Balaban J connectivity index is 1.60. The summed E-state index contributed by atoms with van der Waals surface area (Å²) in [6.07, 6.45) is 3.37. The molecule has 0 saturated carbocycles. The van der Waals surface area contributed by atoms with Crippen LogP contribution in [-0.2, 0) is 0 Å². The first-order valence-corrected chi connectivity index (χ1v) is 9.52. The van der Waals surface area contributed by atoms with Crippen LogP contribution in [0, 0.1) is 0 Å². The van der Waals surface area contributed by atoms with Crippen LogP contribution >= 0.6 is 0 Å². The van der Waals surface area contributed by atoms with Gasteiger partial charge in [0.2, 0.25) is 0 Å². The van der Waals surface area contributed by atoms with E-state index in [1.165, 1.54) is 0 Å². The van der Waals surface area contributed by atoms with Gasteiger partial charge in [0.1, 0.15) is 0 Å². The highest BCUT2D eigenvalue weighted by atomic mass is 16.2. The number of hydrogen-bond acceptors (Lipinski definition) is 5. The van der Waals surface area contributed by atoms with E-state index < -0.39 is 0 Å². The molecule has 1 amide bonds. The molecule has 3 aromatic rings. The first-order chi connectivity index (χ1) is 13.6. The third kappa shape index (κ3) is 3.24. The van der Waals surface area contributed by atoms with Crippen molar-refractivity contribution < 1.29 is 4.79 Å². The molecule has 1 aliphatic heterocycles. The molecule has 7 nitrogen and oxygen atoms in total. The Hall–Kier alpha value is -3.22. The fraction of sp³-hybridized carbons (Fsp3) is 0.333. The van der Waals surface area contributed by atoms with Gasteiger partial charge >= 0.3 is 0 Å². The zero-order valence-electron chi connectivity index (χ0n) is 16.1. The van der Waals surface area contributed by atoms with Crippen LogP contribution in [0.4, 0.5) is 5.82 Å². The van der Waals surface area contributed by atoms with Crippen molar-refractivity contribution in [3.63, 3.8) is 0 Å². The molecule has 1 fully saturated rings. The highest BCUT2D eigenvalue weighted by Crippen LogP contribution is 2.18. The largest absolute Gasteiger partial charge is 0.348 e. The van der Waals surface area contributed by atoms with Crippen LogP contribution in [0.1, 0.15) is 30.2 Å². The van der Waals surface area contributed by atoms with Crippen molar-refractivity contribution in [3.05, 3.63) is 64.7 Å². The maximum absolute atomic E-state index is 13.1. The molecule has 0 aliphatic carbocycles. The van der Waals surface area contributed by atoms with E-state index in [0.29, 0.717) is 37.6 Å². The Labute approximate surface area is 163 Å². The van der Waals surface area contributed by atoms with E-state index >= 15 is 0 Å².